The number of ether oxygens (including phenoxy) is 2. The van der Waals surface area contributed by atoms with Crippen molar-refractivity contribution in [1.82, 2.24) is 0 Å². The van der Waals surface area contributed by atoms with Gasteiger partial charge in [-0.15, -0.1) is 0 Å². The van der Waals surface area contributed by atoms with Crippen LogP contribution in [0.5, 0.6) is 5.75 Å². The minimum absolute atomic E-state index is 0.0253. The van der Waals surface area contributed by atoms with Gasteiger partial charge in [0.05, 0.1) is 17.7 Å². The van der Waals surface area contributed by atoms with Crippen LogP contribution in [0.15, 0.2) is 42.5 Å². The first-order valence-electron chi connectivity index (χ1n) is 9.42. The Morgan fingerprint density at radius 3 is 2.79 bits per heavy atom. The Morgan fingerprint density at radius 2 is 2.11 bits per heavy atom. The summed E-state index contributed by atoms with van der Waals surface area (Å²) >= 11 is 0. The zero-order chi connectivity index (χ0) is 20.3. The molecule has 0 aliphatic heterocycles. The van der Waals surface area contributed by atoms with Gasteiger partial charge in [0, 0.05) is 18.6 Å². The highest BCUT2D eigenvalue weighted by Gasteiger charge is 2.34. The van der Waals surface area contributed by atoms with Gasteiger partial charge in [0.15, 0.2) is 0 Å². The topological polar surface area (TPSA) is 59.3 Å². The smallest absolute Gasteiger partial charge is 0.145 e. The first-order chi connectivity index (χ1) is 13.5. The molecule has 0 spiro atoms. The van der Waals surface area contributed by atoms with Gasteiger partial charge in [-0.3, -0.25) is 4.79 Å². The van der Waals surface area contributed by atoms with E-state index >= 15 is 0 Å². The number of fused-ring (bicyclic) bond motifs is 1. The molecule has 0 aromatic heterocycles. The summed E-state index contributed by atoms with van der Waals surface area (Å²) < 4.78 is 12.0. The summed E-state index contributed by atoms with van der Waals surface area (Å²) in [4.78, 5) is 11.3. The van der Waals surface area contributed by atoms with Crippen molar-refractivity contribution in [2.75, 3.05) is 7.11 Å². The van der Waals surface area contributed by atoms with Crippen LogP contribution in [0.2, 0.25) is 0 Å². The normalized spacial score (nSPS) is 18.1. The molecule has 2 aromatic rings. The summed E-state index contributed by atoms with van der Waals surface area (Å²) in [7, 11) is 1.68. The summed E-state index contributed by atoms with van der Waals surface area (Å²) in [5, 5.41) is 9.28. The molecule has 0 radical (unpaired) electrons. The molecule has 0 amide bonds. The largest absolute Gasteiger partial charge is 0.489 e. The number of hydrogen-bond acceptors (Lipinski definition) is 4. The van der Waals surface area contributed by atoms with Crippen LogP contribution in [0, 0.1) is 31.1 Å². The van der Waals surface area contributed by atoms with Gasteiger partial charge >= 0.3 is 0 Å². The minimum atomic E-state index is -0.213. The molecule has 4 nitrogen and oxygen atoms in total. The third kappa shape index (κ3) is 3.58. The van der Waals surface area contributed by atoms with Gasteiger partial charge in [0.1, 0.15) is 18.6 Å². The summed E-state index contributed by atoms with van der Waals surface area (Å²) in [5.41, 5.74) is 6.59. The third-order valence-corrected chi connectivity index (χ3v) is 5.68. The van der Waals surface area contributed by atoms with Crippen LogP contribution < -0.4 is 4.74 Å². The van der Waals surface area contributed by atoms with E-state index in [2.05, 4.69) is 25.6 Å². The Hall–Kier alpha value is -2.90. The second kappa shape index (κ2) is 8.41. The molecule has 0 saturated heterocycles. The molecule has 0 saturated carbocycles. The van der Waals surface area contributed by atoms with E-state index in [4.69, 9.17) is 9.47 Å². The van der Waals surface area contributed by atoms with Crippen molar-refractivity contribution in [3.05, 3.63) is 75.9 Å². The van der Waals surface area contributed by atoms with Gasteiger partial charge < -0.3 is 9.47 Å². The molecule has 3 rings (SSSR count). The quantitative estimate of drug-likeness (QED) is 0.539. The number of nitriles is 1. The molecule has 2 atom stereocenters. The number of methoxy groups -OCH3 is 1. The fourth-order valence-corrected chi connectivity index (χ4v) is 4.14. The van der Waals surface area contributed by atoms with Gasteiger partial charge in [0.2, 0.25) is 0 Å². The van der Waals surface area contributed by atoms with Crippen molar-refractivity contribution in [1.29, 1.82) is 5.26 Å². The number of rotatable bonds is 6. The van der Waals surface area contributed by atoms with Crippen molar-refractivity contribution in [2.45, 2.75) is 39.4 Å². The van der Waals surface area contributed by atoms with Crippen LogP contribution in [-0.2, 0) is 22.6 Å². The summed E-state index contributed by atoms with van der Waals surface area (Å²) in [6, 6.07) is 11.7. The Morgan fingerprint density at radius 1 is 1.36 bits per heavy atom. The van der Waals surface area contributed by atoms with Crippen molar-refractivity contribution in [2.24, 2.45) is 5.92 Å². The second-order valence-corrected chi connectivity index (χ2v) is 7.26. The lowest BCUT2D eigenvalue weighted by molar-refractivity contribution is -0.106. The SMILES string of the molecule is C=C(C=O)[C@@H]1CCc2c(C)cc(OCc3ccccc3C#N)c(C)c2[C@@H]1OC. The van der Waals surface area contributed by atoms with Crippen LogP contribution in [0.3, 0.4) is 0 Å². The number of nitrogens with zero attached hydrogens (tertiary/aromatic N) is 1. The highest BCUT2D eigenvalue weighted by atomic mass is 16.5. The van der Waals surface area contributed by atoms with E-state index < -0.39 is 0 Å². The Kier molecular flexibility index (Phi) is 5.96. The highest BCUT2D eigenvalue weighted by Crippen LogP contribution is 2.45. The van der Waals surface area contributed by atoms with E-state index in [1.54, 1.807) is 13.2 Å². The van der Waals surface area contributed by atoms with Crippen molar-refractivity contribution in [3.63, 3.8) is 0 Å². The van der Waals surface area contributed by atoms with E-state index in [1.807, 2.05) is 25.1 Å². The predicted octanol–water partition coefficient (Wildman–Crippen LogP) is 4.76. The van der Waals surface area contributed by atoms with E-state index in [-0.39, 0.29) is 12.0 Å². The van der Waals surface area contributed by atoms with Crippen LogP contribution in [0.4, 0.5) is 0 Å². The lowest BCUT2D eigenvalue weighted by Crippen LogP contribution is -2.26. The zero-order valence-electron chi connectivity index (χ0n) is 16.6. The molecule has 4 heteroatoms. The Bertz CT molecular complexity index is 955. The molecule has 28 heavy (non-hydrogen) atoms. The molecule has 0 bridgehead atoms. The van der Waals surface area contributed by atoms with Gasteiger partial charge in [-0.25, -0.2) is 0 Å². The van der Waals surface area contributed by atoms with E-state index in [1.165, 1.54) is 5.56 Å². The number of aryl methyl sites for hydroxylation is 1. The maximum Gasteiger partial charge on any atom is 0.145 e. The molecule has 0 fully saturated rings. The zero-order valence-corrected chi connectivity index (χ0v) is 16.6. The van der Waals surface area contributed by atoms with Crippen molar-refractivity contribution in [3.8, 4) is 11.8 Å². The van der Waals surface area contributed by atoms with Crippen LogP contribution in [0.25, 0.3) is 0 Å². The molecular formula is C24H25NO3. The van der Waals surface area contributed by atoms with E-state index in [0.717, 1.165) is 47.1 Å². The molecule has 0 heterocycles. The first-order valence-corrected chi connectivity index (χ1v) is 9.42. The van der Waals surface area contributed by atoms with Gasteiger partial charge in [-0.2, -0.15) is 5.26 Å². The van der Waals surface area contributed by atoms with Crippen molar-refractivity contribution < 1.29 is 14.3 Å². The maximum absolute atomic E-state index is 11.3. The lowest BCUT2D eigenvalue weighted by Gasteiger charge is -2.35. The molecule has 144 valence electrons. The average Bonchev–Trinajstić information content (AvgIpc) is 2.73. The molecule has 2 aromatic carbocycles. The van der Waals surface area contributed by atoms with E-state index in [9.17, 15) is 10.1 Å². The molecule has 0 N–H and O–H groups in total. The fraction of sp³-hybridized carbons (Fsp3) is 0.333. The van der Waals surface area contributed by atoms with Gasteiger partial charge in [0.25, 0.3) is 0 Å². The summed E-state index contributed by atoms with van der Waals surface area (Å²) in [6.07, 6.45) is 2.36. The molecule has 1 aliphatic carbocycles. The lowest BCUT2D eigenvalue weighted by atomic mass is 9.75. The number of hydrogen-bond donors (Lipinski definition) is 0. The number of carbonyl (C=O) groups is 1. The van der Waals surface area contributed by atoms with Crippen LogP contribution in [-0.4, -0.2) is 13.4 Å². The maximum atomic E-state index is 11.3. The second-order valence-electron chi connectivity index (χ2n) is 7.26. The predicted molar refractivity (Wildman–Crippen MR) is 108 cm³/mol. The number of carbonyl (C=O) groups excluding carboxylic acids is 1. The first kappa shape index (κ1) is 19.9. The molecule has 0 unspecified atom stereocenters. The number of aldehydes is 1. The molecular weight excluding hydrogens is 350 g/mol. The fourth-order valence-electron chi connectivity index (χ4n) is 4.14. The highest BCUT2D eigenvalue weighted by molar-refractivity contribution is 5.73. The number of benzene rings is 2. The van der Waals surface area contributed by atoms with Gasteiger partial charge in [-0.1, -0.05) is 24.8 Å². The monoisotopic (exact) mass is 375 g/mol. The van der Waals surface area contributed by atoms with E-state index in [0.29, 0.717) is 17.7 Å². The van der Waals surface area contributed by atoms with Crippen molar-refractivity contribution >= 4 is 6.29 Å². The average molecular weight is 375 g/mol. The third-order valence-electron chi connectivity index (χ3n) is 5.68. The molecule has 1 aliphatic rings. The summed E-state index contributed by atoms with van der Waals surface area (Å²) in [6.45, 7) is 8.36. The van der Waals surface area contributed by atoms with Crippen LogP contribution in [0.1, 0.15) is 45.9 Å². The Labute approximate surface area is 166 Å². The van der Waals surface area contributed by atoms with Gasteiger partial charge in [-0.05, 0) is 66.6 Å². The Balaban J connectivity index is 1.97. The summed E-state index contributed by atoms with van der Waals surface area (Å²) in [5.74, 6) is 0.756. The van der Waals surface area contributed by atoms with Crippen LogP contribution >= 0.6 is 0 Å². The minimum Gasteiger partial charge on any atom is -0.489 e. The standard InChI is InChI=1S/C24H25NO3/c1-15-11-22(28-14-19-8-6-5-7-18(19)12-25)17(3)23-20(15)9-10-21(16(2)13-26)24(23)27-4/h5-8,11,13,21,24H,2,9-10,14H2,1,3-4H3/t21-,24+/m0/s1.